The lowest BCUT2D eigenvalue weighted by Gasteiger charge is -2.31. The zero-order valence-electron chi connectivity index (χ0n) is 10.9. The number of rotatable bonds is 5. The van der Waals surface area contributed by atoms with E-state index >= 15 is 0 Å². The number of carbonyl (C=O) groups excluding carboxylic acids is 1. The molecule has 0 amide bonds. The summed E-state index contributed by atoms with van der Waals surface area (Å²) in [5, 5.41) is 0. The van der Waals surface area contributed by atoms with Crippen molar-refractivity contribution in [2.75, 3.05) is 19.6 Å². The van der Waals surface area contributed by atoms with Crippen LogP contribution >= 0.6 is 0 Å². The standard InChI is InChI=1S/C13H25NO2/c1-4-7-14-8-5-12(6-9-14)10-13(15)16-11(2)3/h11-12H,4-10H2,1-3H3. The SMILES string of the molecule is CCCN1CCC(CC(=O)OC(C)C)CC1. The highest BCUT2D eigenvalue weighted by molar-refractivity contribution is 5.69. The highest BCUT2D eigenvalue weighted by atomic mass is 16.5. The number of esters is 1. The van der Waals surface area contributed by atoms with Crippen molar-refractivity contribution in [2.45, 2.75) is 52.6 Å². The first-order chi connectivity index (χ1) is 7.61. The Bertz CT molecular complexity index is 208. The Kier molecular flexibility index (Phi) is 5.81. The summed E-state index contributed by atoms with van der Waals surface area (Å²) in [5.41, 5.74) is 0. The molecule has 3 heteroatoms. The molecule has 0 aromatic carbocycles. The fraction of sp³-hybridized carbons (Fsp3) is 0.923. The third kappa shape index (κ3) is 4.97. The third-order valence-corrected chi connectivity index (χ3v) is 3.07. The summed E-state index contributed by atoms with van der Waals surface area (Å²) < 4.78 is 5.17. The largest absolute Gasteiger partial charge is 0.463 e. The Labute approximate surface area is 99.1 Å². The van der Waals surface area contributed by atoms with Crippen LogP contribution in [0.3, 0.4) is 0 Å². The van der Waals surface area contributed by atoms with Gasteiger partial charge in [0.25, 0.3) is 0 Å². The fourth-order valence-electron chi connectivity index (χ4n) is 2.28. The van der Waals surface area contributed by atoms with Gasteiger partial charge in [-0.15, -0.1) is 0 Å². The highest BCUT2D eigenvalue weighted by Gasteiger charge is 2.21. The van der Waals surface area contributed by atoms with Gasteiger partial charge in [0.2, 0.25) is 0 Å². The molecule has 0 aromatic heterocycles. The lowest BCUT2D eigenvalue weighted by molar-refractivity contribution is -0.148. The molecule has 1 heterocycles. The van der Waals surface area contributed by atoms with E-state index in [0.29, 0.717) is 12.3 Å². The van der Waals surface area contributed by atoms with Gasteiger partial charge in [-0.2, -0.15) is 0 Å². The van der Waals surface area contributed by atoms with E-state index in [0.717, 1.165) is 25.9 Å². The minimum absolute atomic E-state index is 0.0210. The first kappa shape index (κ1) is 13.5. The summed E-state index contributed by atoms with van der Waals surface area (Å²) >= 11 is 0. The number of hydrogen-bond acceptors (Lipinski definition) is 3. The average Bonchev–Trinajstić information content (AvgIpc) is 2.20. The molecule has 0 spiro atoms. The summed E-state index contributed by atoms with van der Waals surface area (Å²) in [6.07, 6.45) is 4.14. The Balaban J connectivity index is 2.19. The number of likely N-dealkylation sites (tertiary alicyclic amines) is 1. The summed E-state index contributed by atoms with van der Waals surface area (Å²) in [6, 6.07) is 0. The molecule has 0 N–H and O–H groups in total. The number of ether oxygens (including phenoxy) is 1. The Morgan fingerprint density at radius 2 is 2.00 bits per heavy atom. The molecule has 1 aliphatic heterocycles. The molecule has 0 unspecified atom stereocenters. The van der Waals surface area contributed by atoms with E-state index in [1.165, 1.54) is 13.0 Å². The summed E-state index contributed by atoms with van der Waals surface area (Å²) in [6.45, 7) is 9.51. The quantitative estimate of drug-likeness (QED) is 0.676. The molecule has 0 aromatic rings. The molecule has 16 heavy (non-hydrogen) atoms. The Morgan fingerprint density at radius 3 is 2.50 bits per heavy atom. The molecular weight excluding hydrogens is 202 g/mol. The average molecular weight is 227 g/mol. The minimum Gasteiger partial charge on any atom is -0.463 e. The third-order valence-electron chi connectivity index (χ3n) is 3.07. The fourth-order valence-corrected chi connectivity index (χ4v) is 2.28. The first-order valence-electron chi connectivity index (χ1n) is 6.53. The van der Waals surface area contributed by atoms with Gasteiger partial charge in [-0.1, -0.05) is 6.92 Å². The zero-order chi connectivity index (χ0) is 12.0. The monoisotopic (exact) mass is 227 g/mol. The molecular formula is C13H25NO2. The number of piperidine rings is 1. The predicted octanol–water partition coefficient (Wildman–Crippen LogP) is 2.45. The van der Waals surface area contributed by atoms with Gasteiger partial charge in [0.05, 0.1) is 6.10 Å². The van der Waals surface area contributed by atoms with Crippen LogP contribution in [0.2, 0.25) is 0 Å². The molecule has 0 saturated carbocycles. The molecule has 94 valence electrons. The van der Waals surface area contributed by atoms with Crippen molar-refractivity contribution in [3.05, 3.63) is 0 Å². The minimum atomic E-state index is -0.0241. The van der Waals surface area contributed by atoms with Crippen molar-refractivity contribution >= 4 is 5.97 Å². The topological polar surface area (TPSA) is 29.5 Å². The van der Waals surface area contributed by atoms with E-state index in [2.05, 4.69) is 11.8 Å². The van der Waals surface area contributed by atoms with Crippen LogP contribution < -0.4 is 0 Å². The number of nitrogens with zero attached hydrogens (tertiary/aromatic N) is 1. The van der Waals surface area contributed by atoms with Crippen molar-refractivity contribution in [1.82, 2.24) is 4.90 Å². The van der Waals surface area contributed by atoms with E-state index in [1.807, 2.05) is 13.8 Å². The highest BCUT2D eigenvalue weighted by Crippen LogP contribution is 2.21. The van der Waals surface area contributed by atoms with Crippen LogP contribution in [-0.4, -0.2) is 36.6 Å². The predicted molar refractivity (Wildman–Crippen MR) is 65.3 cm³/mol. The van der Waals surface area contributed by atoms with Crippen LogP contribution in [0.5, 0.6) is 0 Å². The van der Waals surface area contributed by atoms with Gasteiger partial charge in [0, 0.05) is 6.42 Å². The van der Waals surface area contributed by atoms with E-state index in [-0.39, 0.29) is 12.1 Å². The Morgan fingerprint density at radius 1 is 1.38 bits per heavy atom. The van der Waals surface area contributed by atoms with Crippen LogP contribution in [0.4, 0.5) is 0 Å². The molecule has 1 aliphatic rings. The van der Waals surface area contributed by atoms with Crippen molar-refractivity contribution in [3.63, 3.8) is 0 Å². The van der Waals surface area contributed by atoms with Crippen molar-refractivity contribution < 1.29 is 9.53 Å². The summed E-state index contributed by atoms with van der Waals surface area (Å²) in [7, 11) is 0. The van der Waals surface area contributed by atoms with Gasteiger partial charge in [-0.05, 0) is 58.7 Å². The van der Waals surface area contributed by atoms with Crippen molar-refractivity contribution in [1.29, 1.82) is 0 Å². The number of carbonyl (C=O) groups is 1. The normalized spacial score (nSPS) is 19.0. The molecule has 1 rings (SSSR count). The van der Waals surface area contributed by atoms with Crippen LogP contribution in [0.25, 0.3) is 0 Å². The van der Waals surface area contributed by atoms with Crippen molar-refractivity contribution in [2.24, 2.45) is 5.92 Å². The second-order valence-corrected chi connectivity index (χ2v) is 5.03. The summed E-state index contributed by atoms with van der Waals surface area (Å²) in [4.78, 5) is 14.0. The maximum atomic E-state index is 11.5. The van der Waals surface area contributed by atoms with Crippen LogP contribution in [0, 0.1) is 5.92 Å². The van der Waals surface area contributed by atoms with Gasteiger partial charge in [-0.3, -0.25) is 4.79 Å². The van der Waals surface area contributed by atoms with Crippen LogP contribution in [0.15, 0.2) is 0 Å². The molecule has 0 bridgehead atoms. The van der Waals surface area contributed by atoms with E-state index in [1.54, 1.807) is 0 Å². The number of hydrogen-bond donors (Lipinski definition) is 0. The van der Waals surface area contributed by atoms with Crippen molar-refractivity contribution in [3.8, 4) is 0 Å². The maximum absolute atomic E-state index is 11.5. The zero-order valence-corrected chi connectivity index (χ0v) is 10.9. The van der Waals surface area contributed by atoms with E-state index < -0.39 is 0 Å². The summed E-state index contributed by atoms with van der Waals surface area (Å²) in [5.74, 6) is 0.517. The molecule has 1 saturated heterocycles. The maximum Gasteiger partial charge on any atom is 0.306 e. The lowest BCUT2D eigenvalue weighted by atomic mass is 9.93. The van der Waals surface area contributed by atoms with Gasteiger partial charge in [-0.25, -0.2) is 0 Å². The molecule has 0 atom stereocenters. The van der Waals surface area contributed by atoms with Gasteiger partial charge in [0.1, 0.15) is 0 Å². The second kappa shape index (κ2) is 6.89. The van der Waals surface area contributed by atoms with Crippen LogP contribution in [0.1, 0.15) is 46.5 Å². The Hall–Kier alpha value is -0.570. The molecule has 1 fully saturated rings. The molecule has 0 aliphatic carbocycles. The molecule has 3 nitrogen and oxygen atoms in total. The molecule has 0 radical (unpaired) electrons. The second-order valence-electron chi connectivity index (χ2n) is 5.03. The van der Waals surface area contributed by atoms with Gasteiger partial charge >= 0.3 is 5.97 Å². The van der Waals surface area contributed by atoms with Gasteiger partial charge < -0.3 is 9.64 Å². The smallest absolute Gasteiger partial charge is 0.306 e. The lowest BCUT2D eigenvalue weighted by Crippen LogP contribution is -2.35. The van der Waals surface area contributed by atoms with E-state index in [9.17, 15) is 4.79 Å². The van der Waals surface area contributed by atoms with Crippen LogP contribution in [-0.2, 0) is 9.53 Å². The van der Waals surface area contributed by atoms with Gasteiger partial charge in [0.15, 0.2) is 0 Å². The van der Waals surface area contributed by atoms with E-state index in [4.69, 9.17) is 4.74 Å². The first-order valence-corrected chi connectivity index (χ1v) is 6.53.